The SMILES string of the molecule is O=C1CC(c2noc(-c3cc4c(s3)CCCC4)n2)CN1c1ccc(Cl)cc1. The van der Waals surface area contributed by atoms with Gasteiger partial charge < -0.3 is 9.42 Å². The average Bonchev–Trinajstić information content (AvgIpc) is 3.39. The maximum Gasteiger partial charge on any atom is 0.268 e. The van der Waals surface area contributed by atoms with E-state index in [1.807, 2.05) is 12.1 Å². The van der Waals surface area contributed by atoms with E-state index in [1.165, 1.54) is 23.3 Å². The third-order valence-corrected chi connectivity index (χ3v) is 6.75. The van der Waals surface area contributed by atoms with E-state index < -0.39 is 0 Å². The highest BCUT2D eigenvalue weighted by Gasteiger charge is 2.34. The van der Waals surface area contributed by atoms with Gasteiger partial charge in [0.1, 0.15) is 0 Å². The number of nitrogens with zero attached hydrogens (tertiary/aromatic N) is 3. The summed E-state index contributed by atoms with van der Waals surface area (Å²) in [6, 6.07) is 9.50. The van der Waals surface area contributed by atoms with Gasteiger partial charge in [-0.15, -0.1) is 11.3 Å². The van der Waals surface area contributed by atoms with Gasteiger partial charge in [-0.3, -0.25) is 4.79 Å². The lowest BCUT2D eigenvalue weighted by atomic mass is 9.99. The first-order chi connectivity index (χ1) is 13.2. The Bertz CT molecular complexity index is 972. The number of benzene rings is 1. The van der Waals surface area contributed by atoms with Gasteiger partial charge in [0, 0.05) is 34.5 Å². The molecule has 0 N–H and O–H groups in total. The number of fused-ring (bicyclic) bond motifs is 1. The molecule has 1 fully saturated rings. The molecule has 5 rings (SSSR count). The molecule has 7 heteroatoms. The van der Waals surface area contributed by atoms with E-state index in [0.717, 1.165) is 23.4 Å². The summed E-state index contributed by atoms with van der Waals surface area (Å²) >= 11 is 7.70. The second kappa shape index (κ2) is 6.77. The number of aryl methyl sites for hydroxylation is 2. The summed E-state index contributed by atoms with van der Waals surface area (Å²) in [7, 11) is 0. The van der Waals surface area contributed by atoms with Crippen LogP contribution in [0, 0.1) is 0 Å². The highest BCUT2D eigenvalue weighted by molar-refractivity contribution is 7.15. The number of halogens is 1. The quantitative estimate of drug-likeness (QED) is 0.631. The second-order valence-electron chi connectivity index (χ2n) is 7.11. The maximum absolute atomic E-state index is 12.5. The van der Waals surface area contributed by atoms with E-state index in [2.05, 4.69) is 16.2 Å². The van der Waals surface area contributed by atoms with E-state index >= 15 is 0 Å². The Hall–Kier alpha value is -2.18. The number of hydrogen-bond acceptors (Lipinski definition) is 5. The molecular weight excluding hydrogens is 382 g/mol. The van der Waals surface area contributed by atoms with Crippen molar-refractivity contribution in [1.82, 2.24) is 10.1 Å². The minimum Gasteiger partial charge on any atom is -0.333 e. The molecule has 1 amide bonds. The number of thiophene rings is 1. The van der Waals surface area contributed by atoms with Crippen molar-refractivity contribution < 1.29 is 9.32 Å². The van der Waals surface area contributed by atoms with Gasteiger partial charge in [0.2, 0.25) is 5.91 Å². The molecule has 2 aliphatic rings. The van der Waals surface area contributed by atoms with E-state index in [4.69, 9.17) is 16.1 Å². The predicted octanol–water partition coefficient (Wildman–Crippen LogP) is 4.85. The molecule has 27 heavy (non-hydrogen) atoms. The fraction of sp³-hybridized carbons (Fsp3) is 0.350. The minimum atomic E-state index is -0.0553. The lowest BCUT2D eigenvalue weighted by Gasteiger charge is -2.16. The highest BCUT2D eigenvalue weighted by atomic mass is 35.5. The molecular formula is C20H18ClN3O2S. The van der Waals surface area contributed by atoms with Gasteiger partial charge in [-0.2, -0.15) is 4.98 Å². The van der Waals surface area contributed by atoms with Gasteiger partial charge in [0.25, 0.3) is 5.89 Å². The van der Waals surface area contributed by atoms with Crippen LogP contribution in [0.15, 0.2) is 34.9 Å². The van der Waals surface area contributed by atoms with Gasteiger partial charge in [0.15, 0.2) is 5.82 Å². The van der Waals surface area contributed by atoms with Crippen molar-refractivity contribution in [2.45, 2.75) is 38.0 Å². The van der Waals surface area contributed by atoms with Crippen molar-refractivity contribution in [1.29, 1.82) is 0 Å². The zero-order valence-corrected chi connectivity index (χ0v) is 16.2. The van der Waals surface area contributed by atoms with Crippen LogP contribution < -0.4 is 4.90 Å². The lowest BCUT2D eigenvalue weighted by Crippen LogP contribution is -2.24. The molecule has 2 aromatic heterocycles. The smallest absolute Gasteiger partial charge is 0.268 e. The van der Waals surface area contributed by atoms with Crippen molar-refractivity contribution in [3.8, 4) is 10.8 Å². The molecule has 1 unspecified atom stereocenters. The lowest BCUT2D eigenvalue weighted by molar-refractivity contribution is -0.117. The summed E-state index contributed by atoms with van der Waals surface area (Å²) < 4.78 is 5.53. The summed E-state index contributed by atoms with van der Waals surface area (Å²) in [5.74, 6) is 1.20. The topological polar surface area (TPSA) is 59.2 Å². The number of hydrogen-bond donors (Lipinski definition) is 0. The van der Waals surface area contributed by atoms with Crippen molar-refractivity contribution in [3.05, 3.63) is 51.6 Å². The first-order valence-electron chi connectivity index (χ1n) is 9.19. The van der Waals surface area contributed by atoms with Crippen LogP contribution in [0.2, 0.25) is 5.02 Å². The first-order valence-corrected chi connectivity index (χ1v) is 10.4. The Morgan fingerprint density at radius 2 is 2.00 bits per heavy atom. The zero-order valence-electron chi connectivity index (χ0n) is 14.7. The van der Waals surface area contributed by atoms with Crippen molar-refractivity contribution in [3.63, 3.8) is 0 Å². The first kappa shape index (κ1) is 17.0. The summed E-state index contributed by atoms with van der Waals surface area (Å²) in [6.45, 7) is 0.556. The molecule has 5 nitrogen and oxygen atoms in total. The van der Waals surface area contributed by atoms with Crippen LogP contribution >= 0.6 is 22.9 Å². The fourth-order valence-corrected chi connectivity index (χ4v) is 5.15. The van der Waals surface area contributed by atoms with Gasteiger partial charge in [-0.05, 0) is 61.6 Å². The molecule has 138 valence electrons. The average molecular weight is 400 g/mol. The minimum absolute atomic E-state index is 0.0553. The Morgan fingerprint density at radius 1 is 1.19 bits per heavy atom. The number of amides is 1. The van der Waals surface area contributed by atoms with Crippen molar-refractivity contribution in [2.75, 3.05) is 11.4 Å². The zero-order chi connectivity index (χ0) is 18.4. The third-order valence-electron chi connectivity index (χ3n) is 5.28. The maximum atomic E-state index is 12.5. The Kier molecular flexibility index (Phi) is 4.25. The summed E-state index contributed by atoms with van der Waals surface area (Å²) in [6.07, 6.45) is 5.19. The molecule has 0 saturated carbocycles. The summed E-state index contributed by atoms with van der Waals surface area (Å²) in [5, 5.41) is 4.83. The van der Waals surface area contributed by atoms with Crippen LogP contribution in [0.25, 0.3) is 10.8 Å². The van der Waals surface area contributed by atoms with Crippen LogP contribution in [0.1, 0.15) is 41.4 Å². The van der Waals surface area contributed by atoms with E-state index in [9.17, 15) is 4.79 Å². The highest BCUT2D eigenvalue weighted by Crippen LogP contribution is 2.36. The summed E-state index contributed by atoms with van der Waals surface area (Å²) in [4.78, 5) is 21.3. The molecule has 1 aliphatic carbocycles. The number of carbonyl (C=O) groups excluding carboxylic acids is 1. The Balaban J connectivity index is 1.36. The molecule has 0 spiro atoms. The van der Waals surface area contributed by atoms with E-state index in [1.54, 1.807) is 28.4 Å². The molecule has 0 radical (unpaired) electrons. The van der Waals surface area contributed by atoms with E-state index in [0.29, 0.717) is 29.7 Å². The predicted molar refractivity (Wildman–Crippen MR) is 105 cm³/mol. The molecule has 3 heterocycles. The monoisotopic (exact) mass is 399 g/mol. The second-order valence-corrected chi connectivity index (χ2v) is 8.68. The van der Waals surface area contributed by atoms with Crippen LogP contribution in [0.5, 0.6) is 0 Å². The third kappa shape index (κ3) is 3.17. The normalized spacial score (nSPS) is 19.5. The standard InChI is InChI=1S/C20H18ClN3O2S/c21-14-5-7-15(8-6-14)24-11-13(10-18(24)25)19-22-20(26-23-19)17-9-12-3-1-2-4-16(12)27-17/h5-9,13H,1-4,10-11H2. The van der Waals surface area contributed by atoms with Gasteiger partial charge in [-0.25, -0.2) is 0 Å². The van der Waals surface area contributed by atoms with Gasteiger partial charge in [-0.1, -0.05) is 16.8 Å². The van der Waals surface area contributed by atoms with Crippen molar-refractivity contribution in [2.24, 2.45) is 0 Å². The molecule has 1 aliphatic heterocycles. The molecule has 3 aromatic rings. The van der Waals surface area contributed by atoms with Crippen LogP contribution in [0.4, 0.5) is 5.69 Å². The largest absolute Gasteiger partial charge is 0.333 e. The number of anilines is 1. The summed E-state index contributed by atoms with van der Waals surface area (Å²) in [5.41, 5.74) is 2.27. The van der Waals surface area contributed by atoms with Crippen LogP contribution in [0.3, 0.4) is 0 Å². The molecule has 1 atom stereocenters. The number of aromatic nitrogens is 2. The molecule has 1 saturated heterocycles. The molecule has 1 aromatic carbocycles. The van der Waals surface area contributed by atoms with Crippen LogP contribution in [-0.2, 0) is 17.6 Å². The fourth-order valence-electron chi connectivity index (χ4n) is 3.85. The van der Waals surface area contributed by atoms with Gasteiger partial charge in [0.05, 0.1) is 4.88 Å². The Morgan fingerprint density at radius 3 is 2.81 bits per heavy atom. The van der Waals surface area contributed by atoms with Crippen LogP contribution in [-0.4, -0.2) is 22.6 Å². The Labute approximate surface area is 166 Å². The number of carbonyl (C=O) groups is 1. The molecule has 0 bridgehead atoms. The number of rotatable bonds is 3. The van der Waals surface area contributed by atoms with Crippen molar-refractivity contribution >= 4 is 34.5 Å². The van der Waals surface area contributed by atoms with Gasteiger partial charge >= 0.3 is 0 Å². The van der Waals surface area contributed by atoms with E-state index in [-0.39, 0.29) is 11.8 Å².